The molecule has 1 amide bonds. The maximum atomic E-state index is 11.4. The summed E-state index contributed by atoms with van der Waals surface area (Å²) in [5.41, 5.74) is -0.141. The summed E-state index contributed by atoms with van der Waals surface area (Å²) in [7, 11) is 0. The highest BCUT2D eigenvalue weighted by Gasteiger charge is 2.43. The van der Waals surface area contributed by atoms with Crippen molar-refractivity contribution in [1.82, 2.24) is 5.32 Å². The average Bonchev–Trinajstić information content (AvgIpc) is 2.36. The van der Waals surface area contributed by atoms with Crippen LogP contribution in [0, 0.1) is 5.41 Å². The van der Waals surface area contributed by atoms with E-state index in [4.69, 9.17) is 4.74 Å². The van der Waals surface area contributed by atoms with Gasteiger partial charge in [-0.05, 0) is 19.3 Å². The van der Waals surface area contributed by atoms with Crippen LogP contribution in [-0.4, -0.2) is 25.7 Å². The van der Waals surface area contributed by atoms with Gasteiger partial charge in [0.2, 0.25) is 5.91 Å². The van der Waals surface area contributed by atoms with E-state index < -0.39 is 0 Å². The molecule has 0 saturated carbocycles. The number of nitrogens with one attached hydrogen (secondary N) is 1. The largest absolute Gasteiger partial charge is 0.380 e. The molecule has 1 unspecified atom stereocenters. The molecule has 1 N–H and O–H groups in total. The van der Waals surface area contributed by atoms with E-state index in [1.54, 1.807) is 0 Å². The van der Waals surface area contributed by atoms with Crippen LogP contribution in [0.2, 0.25) is 0 Å². The van der Waals surface area contributed by atoms with Crippen LogP contribution in [0.25, 0.3) is 0 Å². The minimum Gasteiger partial charge on any atom is -0.380 e. The van der Waals surface area contributed by atoms with Crippen molar-refractivity contribution in [2.75, 3.05) is 19.8 Å². The second-order valence-electron chi connectivity index (χ2n) is 3.44. The van der Waals surface area contributed by atoms with Crippen molar-refractivity contribution in [2.24, 2.45) is 5.41 Å². The summed E-state index contributed by atoms with van der Waals surface area (Å²) in [6.45, 7) is 2.30. The van der Waals surface area contributed by atoms with Gasteiger partial charge in [0.25, 0.3) is 0 Å². The van der Waals surface area contributed by atoms with Gasteiger partial charge in [0.1, 0.15) is 0 Å². The Labute approximate surface area is 66.1 Å². The molecule has 0 radical (unpaired) electrons. The van der Waals surface area contributed by atoms with Gasteiger partial charge in [0, 0.05) is 13.2 Å². The van der Waals surface area contributed by atoms with E-state index in [2.05, 4.69) is 5.32 Å². The fourth-order valence-corrected chi connectivity index (χ4v) is 1.94. The van der Waals surface area contributed by atoms with Crippen LogP contribution in [0.3, 0.4) is 0 Å². The first-order valence-electron chi connectivity index (χ1n) is 4.20. The molecule has 1 spiro atoms. The van der Waals surface area contributed by atoms with Crippen molar-refractivity contribution in [2.45, 2.75) is 19.3 Å². The molecular weight excluding hydrogens is 142 g/mol. The molecule has 2 aliphatic heterocycles. The Morgan fingerprint density at radius 2 is 2.36 bits per heavy atom. The second kappa shape index (κ2) is 2.48. The highest BCUT2D eigenvalue weighted by molar-refractivity contribution is 5.84. The summed E-state index contributed by atoms with van der Waals surface area (Å²) in [5.74, 6) is 0.206. The number of carbonyl (C=O) groups excluding carboxylic acids is 1. The van der Waals surface area contributed by atoms with Crippen LogP contribution in [0.15, 0.2) is 0 Å². The van der Waals surface area contributed by atoms with Gasteiger partial charge in [0.05, 0.1) is 12.0 Å². The number of hydrogen-bond donors (Lipinski definition) is 1. The molecule has 2 aliphatic rings. The van der Waals surface area contributed by atoms with Crippen LogP contribution in [0.5, 0.6) is 0 Å². The van der Waals surface area contributed by atoms with E-state index in [9.17, 15) is 4.79 Å². The molecule has 3 nitrogen and oxygen atoms in total. The zero-order valence-corrected chi connectivity index (χ0v) is 6.56. The summed E-state index contributed by atoms with van der Waals surface area (Å²) < 4.78 is 5.32. The van der Waals surface area contributed by atoms with Gasteiger partial charge >= 0.3 is 0 Å². The standard InChI is InChI=1S/C8H13NO2/c10-7-8(3-4-9-7)2-1-5-11-6-8/h1-6H2,(H,9,10). The quantitative estimate of drug-likeness (QED) is 0.546. The zero-order chi connectivity index (χ0) is 7.73. The molecule has 3 heteroatoms. The van der Waals surface area contributed by atoms with Crippen molar-refractivity contribution >= 4 is 5.91 Å². The van der Waals surface area contributed by atoms with Crippen LogP contribution in [0.4, 0.5) is 0 Å². The lowest BCUT2D eigenvalue weighted by Gasteiger charge is -2.29. The van der Waals surface area contributed by atoms with Gasteiger partial charge < -0.3 is 10.1 Å². The summed E-state index contributed by atoms with van der Waals surface area (Å²) in [6.07, 6.45) is 3.01. The van der Waals surface area contributed by atoms with Gasteiger partial charge in [-0.1, -0.05) is 0 Å². The van der Waals surface area contributed by atoms with E-state index >= 15 is 0 Å². The van der Waals surface area contributed by atoms with E-state index in [0.717, 1.165) is 32.4 Å². The molecule has 0 aliphatic carbocycles. The number of amides is 1. The highest BCUT2D eigenvalue weighted by Crippen LogP contribution is 2.35. The first-order valence-corrected chi connectivity index (χ1v) is 4.20. The molecule has 2 fully saturated rings. The lowest BCUT2D eigenvalue weighted by Crippen LogP contribution is -2.38. The lowest BCUT2D eigenvalue weighted by molar-refractivity contribution is -0.134. The third kappa shape index (κ3) is 1.03. The molecule has 62 valence electrons. The van der Waals surface area contributed by atoms with E-state index in [0.29, 0.717) is 6.61 Å². The Bertz CT molecular complexity index is 173. The van der Waals surface area contributed by atoms with Crippen LogP contribution < -0.4 is 5.32 Å². The van der Waals surface area contributed by atoms with Crippen molar-refractivity contribution in [3.8, 4) is 0 Å². The fraction of sp³-hybridized carbons (Fsp3) is 0.875. The van der Waals surface area contributed by atoms with Crippen molar-refractivity contribution in [1.29, 1.82) is 0 Å². The summed E-state index contributed by atoms with van der Waals surface area (Å²) in [5, 5.41) is 2.86. The van der Waals surface area contributed by atoms with Crippen molar-refractivity contribution < 1.29 is 9.53 Å². The Morgan fingerprint density at radius 3 is 2.91 bits per heavy atom. The molecule has 2 rings (SSSR count). The topological polar surface area (TPSA) is 38.3 Å². The zero-order valence-electron chi connectivity index (χ0n) is 6.56. The van der Waals surface area contributed by atoms with Gasteiger partial charge in [-0.3, -0.25) is 4.79 Å². The van der Waals surface area contributed by atoms with Crippen LogP contribution in [-0.2, 0) is 9.53 Å². The Morgan fingerprint density at radius 1 is 1.45 bits per heavy atom. The van der Waals surface area contributed by atoms with Gasteiger partial charge in [0.15, 0.2) is 0 Å². The van der Waals surface area contributed by atoms with E-state index in [1.807, 2.05) is 0 Å². The maximum Gasteiger partial charge on any atom is 0.228 e. The molecule has 2 heterocycles. The molecule has 2 saturated heterocycles. The Balaban J connectivity index is 2.12. The molecule has 0 bridgehead atoms. The van der Waals surface area contributed by atoms with E-state index in [1.165, 1.54) is 0 Å². The summed E-state index contributed by atoms with van der Waals surface area (Å²) >= 11 is 0. The van der Waals surface area contributed by atoms with Crippen LogP contribution >= 0.6 is 0 Å². The number of ether oxygens (including phenoxy) is 1. The SMILES string of the molecule is O=C1NCCC12CCCOC2. The minimum atomic E-state index is -0.141. The van der Waals surface area contributed by atoms with Gasteiger partial charge in [-0.2, -0.15) is 0 Å². The number of hydrogen-bond acceptors (Lipinski definition) is 2. The van der Waals surface area contributed by atoms with Gasteiger partial charge in [-0.25, -0.2) is 0 Å². The predicted molar refractivity (Wildman–Crippen MR) is 40.1 cm³/mol. The Hall–Kier alpha value is -0.570. The molecule has 0 aromatic carbocycles. The molecule has 0 aromatic rings. The van der Waals surface area contributed by atoms with Crippen molar-refractivity contribution in [3.05, 3.63) is 0 Å². The van der Waals surface area contributed by atoms with Crippen LogP contribution in [0.1, 0.15) is 19.3 Å². The first-order chi connectivity index (χ1) is 5.33. The predicted octanol–water partition coefficient (Wildman–Crippen LogP) is 0.303. The summed E-state index contributed by atoms with van der Waals surface area (Å²) in [4.78, 5) is 11.4. The molecular formula is C8H13NO2. The second-order valence-corrected chi connectivity index (χ2v) is 3.44. The smallest absolute Gasteiger partial charge is 0.228 e. The maximum absolute atomic E-state index is 11.4. The number of carbonyl (C=O) groups is 1. The Kier molecular flexibility index (Phi) is 1.60. The van der Waals surface area contributed by atoms with Crippen molar-refractivity contribution in [3.63, 3.8) is 0 Å². The monoisotopic (exact) mass is 155 g/mol. The average molecular weight is 155 g/mol. The third-order valence-corrected chi connectivity index (χ3v) is 2.69. The highest BCUT2D eigenvalue weighted by atomic mass is 16.5. The fourth-order valence-electron chi connectivity index (χ4n) is 1.94. The minimum absolute atomic E-state index is 0.141. The third-order valence-electron chi connectivity index (χ3n) is 2.69. The molecule has 0 aromatic heterocycles. The van der Waals surface area contributed by atoms with Gasteiger partial charge in [-0.15, -0.1) is 0 Å². The molecule has 11 heavy (non-hydrogen) atoms. The summed E-state index contributed by atoms with van der Waals surface area (Å²) in [6, 6.07) is 0. The first kappa shape index (κ1) is 7.10. The molecule has 1 atom stereocenters. The van der Waals surface area contributed by atoms with E-state index in [-0.39, 0.29) is 11.3 Å². The lowest BCUT2D eigenvalue weighted by atomic mass is 9.81. The number of rotatable bonds is 0. The normalized spacial score (nSPS) is 37.6.